The summed E-state index contributed by atoms with van der Waals surface area (Å²) in [4.78, 5) is 0. The average molecular weight is 161 g/mol. The van der Waals surface area contributed by atoms with E-state index in [1.165, 1.54) is 6.42 Å². The first kappa shape index (κ1) is 10.9. The Morgan fingerprint density at radius 3 is 2.27 bits per heavy atom. The van der Waals surface area contributed by atoms with Crippen molar-refractivity contribution in [1.29, 1.82) is 0 Å². The molecule has 0 spiro atoms. The van der Waals surface area contributed by atoms with Crippen LogP contribution in [0.5, 0.6) is 0 Å². The van der Waals surface area contributed by atoms with Crippen LogP contribution >= 0.6 is 0 Å². The standard InChI is InChI=1S/C8H16O.HO2/c1-4-6(2)8-7(3)5-9-8;1-2/h6-8H,4-5H2,1-3H3;1H. The molecule has 1 N–H and O–H groups in total. The van der Waals surface area contributed by atoms with Gasteiger partial charge in [0.15, 0.2) is 0 Å². The number of rotatable bonds is 2. The van der Waals surface area contributed by atoms with E-state index >= 15 is 0 Å². The summed E-state index contributed by atoms with van der Waals surface area (Å²) >= 11 is 0. The fraction of sp³-hybridized carbons (Fsp3) is 1.00. The zero-order chi connectivity index (χ0) is 8.85. The molecule has 1 aliphatic rings. The van der Waals surface area contributed by atoms with Crippen molar-refractivity contribution in [1.82, 2.24) is 0 Å². The molecule has 1 saturated heterocycles. The number of hydrogen-bond donors (Lipinski definition) is 1. The molecule has 67 valence electrons. The minimum absolute atomic E-state index is 0.565. The summed E-state index contributed by atoms with van der Waals surface area (Å²) in [5.41, 5.74) is 0. The third kappa shape index (κ3) is 2.77. The summed E-state index contributed by atoms with van der Waals surface area (Å²) in [5, 5.41) is 13.0. The molecule has 1 heterocycles. The number of hydrogen-bond acceptors (Lipinski definition) is 2. The van der Waals surface area contributed by atoms with Crippen molar-refractivity contribution in [3.63, 3.8) is 0 Å². The Kier molecular flexibility index (Phi) is 5.46. The van der Waals surface area contributed by atoms with E-state index in [0.717, 1.165) is 18.4 Å². The van der Waals surface area contributed by atoms with Gasteiger partial charge < -0.3 is 4.74 Å². The molecule has 0 aromatic heterocycles. The molecule has 11 heavy (non-hydrogen) atoms. The van der Waals surface area contributed by atoms with Crippen LogP contribution in [0, 0.1) is 11.8 Å². The van der Waals surface area contributed by atoms with E-state index in [0.29, 0.717) is 6.10 Å². The predicted octanol–water partition coefficient (Wildman–Crippen LogP) is 1.96. The third-order valence-corrected chi connectivity index (χ3v) is 2.32. The fourth-order valence-electron chi connectivity index (χ4n) is 1.36. The van der Waals surface area contributed by atoms with Crippen LogP contribution in [-0.4, -0.2) is 18.0 Å². The normalized spacial score (nSPS) is 31.4. The molecular formula is C8H17O3. The van der Waals surface area contributed by atoms with Crippen molar-refractivity contribution in [2.24, 2.45) is 11.8 Å². The maximum Gasteiger partial charge on any atom is 0.0648 e. The lowest BCUT2D eigenvalue weighted by molar-refractivity contribution is -0.247. The van der Waals surface area contributed by atoms with Gasteiger partial charge in [-0.2, -0.15) is 0 Å². The van der Waals surface area contributed by atoms with E-state index in [1.54, 1.807) is 0 Å². The molecule has 3 atom stereocenters. The van der Waals surface area contributed by atoms with Gasteiger partial charge in [-0.15, -0.1) is 0 Å². The minimum Gasteiger partial charge on any atom is -0.377 e. The molecule has 3 unspecified atom stereocenters. The smallest absolute Gasteiger partial charge is 0.0648 e. The molecule has 1 fully saturated rings. The Hall–Kier alpha value is -0.120. The molecule has 0 saturated carbocycles. The molecule has 1 rings (SSSR count). The molecule has 3 nitrogen and oxygen atoms in total. The lowest BCUT2D eigenvalue weighted by Gasteiger charge is -2.38. The Balaban J connectivity index is 0.000000461. The Labute approximate surface area is 67.9 Å². The van der Waals surface area contributed by atoms with Crippen molar-refractivity contribution < 1.29 is 15.3 Å². The summed E-state index contributed by atoms with van der Waals surface area (Å²) in [6.07, 6.45) is 1.81. The van der Waals surface area contributed by atoms with Gasteiger partial charge in [-0.1, -0.05) is 27.2 Å². The van der Waals surface area contributed by atoms with Crippen LogP contribution in [-0.2, 0) is 9.99 Å². The summed E-state index contributed by atoms with van der Waals surface area (Å²) in [7, 11) is 0. The van der Waals surface area contributed by atoms with Gasteiger partial charge in [-0.05, 0) is 11.2 Å². The van der Waals surface area contributed by atoms with Crippen molar-refractivity contribution in [3.8, 4) is 0 Å². The second-order valence-electron chi connectivity index (χ2n) is 3.16. The van der Waals surface area contributed by atoms with E-state index in [2.05, 4.69) is 20.8 Å². The summed E-state index contributed by atoms with van der Waals surface area (Å²) in [6, 6.07) is 0. The van der Waals surface area contributed by atoms with E-state index in [4.69, 9.17) is 15.3 Å². The SMILES string of the molecule is CCC(C)C1OCC1C.[O]O. The molecule has 1 aliphatic heterocycles. The summed E-state index contributed by atoms with van der Waals surface area (Å²) in [6.45, 7) is 7.73. The van der Waals surface area contributed by atoms with Gasteiger partial charge >= 0.3 is 0 Å². The highest BCUT2D eigenvalue weighted by Gasteiger charge is 2.31. The quantitative estimate of drug-likeness (QED) is 0.497. The highest BCUT2D eigenvalue weighted by Crippen LogP contribution is 2.27. The van der Waals surface area contributed by atoms with Crippen molar-refractivity contribution >= 4 is 0 Å². The zero-order valence-corrected chi connectivity index (χ0v) is 7.41. The van der Waals surface area contributed by atoms with E-state index in [1.807, 2.05) is 0 Å². The van der Waals surface area contributed by atoms with Crippen LogP contribution in [0.1, 0.15) is 27.2 Å². The fourth-order valence-corrected chi connectivity index (χ4v) is 1.36. The van der Waals surface area contributed by atoms with Crippen molar-refractivity contribution in [2.45, 2.75) is 33.3 Å². The highest BCUT2D eigenvalue weighted by molar-refractivity contribution is 4.78. The molecule has 0 aliphatic carbocycles. The molecular weight excluding hydrogens is 144 g/mol. The van der Waals surface area contributed by atoms with E-state index < -0.39 is 0 Å². The second kappa shape index (κ2) is 5.52. The van der Waals surface area contributed by atoms with Crippen LogP contribution < -0.4 is 0 Å². The Morgan fingerprint density at radius 1 is 1.64 bits per heavy atom. The first-order valence-corrected chi connectivity index (χ1v) is 4.05. The van der Waals surface area contributed by atoms with Gasteiger partial charge in [-0.25, -0.2) is 5.26 Å². The van der Waals surface area contributed by atoms with E-state index in [9.17, 15) is 0 Å². The molecule has 0 amide bonds. The summed E-state index contributed by atoms with van der Waals surface area (Å²) in [5.74, 6) is 1.56. The van der Waals surface area contributed by atoms with Crippen LogP contribution in [0.25, 0.3) is 0 Å². The highest BCUT2D eigenvalue weighted by atomic mass is 17.0. The van der Waals surface area contributed by atoms with Gasteiger partial charge in [0.2, 0.25) is 0 Å². The van der Waals surface area contributed by atoms with Gasteiger partial charge in [-0.3, -0.25) is 0 Å². The van der Waals surface area contributed by atoms with Crippen molar-refractivity contribution in [2.75, 3.05) is 6.61 Å². The Bertz CT molecular complexity index is 95.3. The zero-order valence-electron chi connectivity index (χ0n) is 7.41. The van der Waals surface area contributed by atoms with Crippen LogP contribution in [0.3, 0.4) is 0 Å². The molecule has 1 radical (unpaired) electrons. The van der Waals surface area contributed by atoms with E-state index in [-0.39, 0.29) is 0 Å². The number of ether oxygens (including phenoxy) is 1. The lowest BCUT2D eigenvalue weighted by atomic mass is 9.88. The first-order valence-electron chi connectivity index (χ1n) is 4.05. The second-order valence-corrected chi connectivity index (χ2v) is 3.16. The van der Waals surface area contributed by atoms with Gasteiger partial charge in [0.1, 0.15) is 0 Å². The maximum atomic E-state index is 7.25. The average Bonchev–Trinajstić information content (AvgIpc) is 2.05. The Morgan fingerprint density at radius 2 is 2.18 bits per heavy atom. The third-order valence-electron chi connectivity index (χ3n) is 2.32. The van der Waals surface area contributed by atoms with Gasteiger partial charge in [0.25, 0.3) is 0 Å². The minimum atomic E-state index is 0.565. The largest absolute Gasteiger partial charge is 0.377 e. The van der Waals surface area contributed by atoms with Crippen LogP contribution in [0.15, 0.2) is 0 Å². The monoisotopic (exact) mass is 161 g/mol. The van der Waals surface area contributed by atoms with Crippen LogP contribution in [0.2, 0.25) is 0 Å². The molecule has 0 bridgehead atoms. The van der Waals surface area contributed by atoms with Crippen molar-refractivity contribution in [3.05, 3.63) is 0 Å². The first-order chi connectivity index (χ1) is 5.25. The van der Waals surface area contributed by atoms with Gasteiger partial charge in [0.05, 0.1) is 12.7 Å². The lowest BCUT2D eigenvalue weighted by Crippen LogP contribution is -2.42. The molecule has 0 aromatic rings. The molecule has 3 heteroatoms. The molecule has 0 aromatic carbocycles. The maximum absolute atomic E-state index is 7.25. The topological polar surface area (TPSA) is 49.4 Å². The van der Waals surface area contributed by atoms with Crippen LogP contribution in [0.4, 0.5) is 0 Å². The summed E-state index contributed by atoms with van der Waals surface area (Å²) < 4.78 is 5.40. The van der Waals surface area contributed by atoms with Gasteiger partial charge in [0, 0.05) is 5.92 Å². The predicted molar refractivity (Wildman–Crippen MR) is 41.7 cm³/mol.